The quantitative estimate of drug-likeness (QED) is 0.184. The van der Waals surface area contributed by atoms with Crippen molar-refractivity contribution in [3.63, 3.8) is 0 Å². The van der Waals surface area contributed by atoms with Gasteiger partial charge in [-0.25, -0.2) is 0 Å². The van der Waals surface area contributed by atoms with E-state index in [1.807, 2.05) is 20.8 Å². The molecule has 0 saturated heterocycles. The van der Waals surface area contributed by atoms with Crippen molar-refractivity contribution < 1.29 is 9.53 Å². The fourth-order valence-corrected chi connectivity index (χ4v) is 6.93. The summed E-state index contributed by atoms with van der Waals surface area (Å²) in [5, 5.41) is 0. The smallest absolute Gasteiger partial charge is 0.311 e. The summed E-state index contributed by atoms with van der Waals surface area (Å²) in [6.07, 6.45) is 8.94. The highest BCUT2D eigenvalue weighted by molar-refractivity contribution is 6.19. The van der Waals surface area contributed by atoms with Gasteiger partial charge in [-0.3, -0.25) is 9.79 Å². The van der Waals surface area contributed by atoms with Crippen molar-refractivity contribution in [3.8, 4) is 0 Å². The Labute approximate surface area is 289 Å². The van der Waals surface area contributed by atoms with Gasteiger partial charge in [0.1, 0.15) is 6.10 Å². The first-order valence-electron chi connectivity index (χ1n) is 18.3. The number of hydrogen-bond donors (Lipinski definition) is 0. The number of carbonyl (C=O) groups excluding carboxylic acids is 1. The highest BCUT2D eigenvalue weighted by Crippen LogP contribution is 2.39. The Kier molecular flexibility index (Phi) is 11.6. The highest BCUT2D eigenvalue weighted by atomic mass is 16.5. The fourth-order valence-electron chi connectivity index (χ4n) is 6.93. The van der Waals surface area contributed by atoms with E-state index in [4.69, 9.17) is 9.73 Å². The molecule has 0 spiro atoms. The van der Waals surface area contributed by atoms with E-state index >= 15 is 0 Å². The summed E-state index contributed by atoms with van der Waals surface area (Å²) in [6, 6.07) is 26.7. The molecule has 1 fully saturated rings. The number of nitrogens with zero attached hydrogens (tertiary/aromatic N) is 3. The zero-order valence-corrected chi connectivity index (χ0v) is 30.3. The fraction of sp³-hybridized carbons (Fsp3) is 0.442. The van der Waals surface area contributed by atoms with Crippen molar-refractivity contribution in [2.75, 3.05) is 36.0 Å². The average Bonchev–Trinajstić information content (AvgIpc) is 3.12. The summed E-state index contributed by atoms with van der Waals surface area (Å²) in [6.45, 7) is 18.7. The SMILES string of the molecule is CCN(CC)c1ccc(C(=C2C=CC(=NC3CCCCC3OC(=O)C(C)(C)CC)c3ccccc32)c2ccc(N(CC)CC)cc2)cc1. The maximum atomic E-state index is 13.1. The maximum absolute atomic E-state index is 13.1. The van der Waals surface area contributed by atoms with Crippen LogP contribution in [0.5, 0.6) is 0 Å². The molecule has 5 nitrogen and oxygen atoms in total. The minimum atomic E-state index is -0.490. The van der Waals surface area contributed by atoms with Crippen LogP contribution in [0.3, 0.4) is 0 Å². The van der Waals surface area contributed by atoms with Crippen molar-refractivity contribution in [2.45, 2.75) is 92.7 Å². The van der Waals surface area contributed by atoms with Gasteiger partial charge in [0.05, 0.1) is 17.2 Å². The second kappa shape index (κ2) is 15.9. The first-order chi connectivity index (χ1) is 23.2. The van der Waals surface area contributed by atoms with Gasteiger partial charge >= 0.3 is 5.97 Å². The van der Waals surface area contributed by atoms with Gasteiger partial charge in [-0.1, -0.05) is 68.0 Å². The van der Waals surface area contributed by atoms with Gasteiger partial charge in [-0.2, -0.15) is 0 Å². The number of benzene rings is 3. The number of ether oxygens (including phenoxy) is 1. The second-order valence-corrected chi connectivity index (χ2v) is 13.7. The monoisotopic (exact) mass is 645 g/mol. The van der Waals surface area contributed by atoms with E-state index in [0.717, 1.165) is 69.6 Å². The topological polar surface area (TPSA) is 45.1 Å². The summed E-state index contributed by atoms with van der Waals surface area (Å²) in [4.78, 5) is 23.2. The Hall–Kier alpha value is -4.12. The summed E-state index contributed by atoms with van der Waals surface area (Å²) in [7, 11) is 0. The molecule has 0 aliphatic heterocycles. The van der Waals surface area contributed by atoms with E-state index in [2.05, 4.69) is 122 Å². The third kappa shape index (κ3) is 7.61. The Morgan fingerprint density at radius 2 is 1.25 bits per heavy atom. The third-order valence-electron chi connectivity index (χ3n) is 10.4. The Bertz CT molecular complexity index is 1570. The minimum absolute atomic E-state index is 0.0479. The van der Waals surface area contributed by atoms with Crippen molar-refractivity contribution in [1.29, 1.82) is 0 Å². The molecule has 0 aromatic heterocycles. The molecule has 3 aromatic rings. The number of aliphatic imine (C=N–C) groups is 1. The van der Waals surface area contributed by atoms with Crippen LogP contribution in [0.2, 0.25) is 0 Å². The number of allylic oxidation sites excluding steroid dienone is 3. The van der Waals surface area contributed by atoms with Crippen molar-refractivity contribution in [1.82, 2.24) is 0 Å². The van der Waals surface area contributed by atoms with Crippen LogP contribution in [0.4, 0.5) is 11.4 Å². The van der Waals surface area contributed by atoms with Crippen LogP contribution in [0.1, 0.15) is 103 Å². The first kappa shape index (κ1) is 35.2. The van der Waals surface area contributed by atoms with Gasteiger partial charge < -0.3 is 14.5 Å². The largest absolute Gasteiger partial charge is 0.460 e. The molecule has 2 aliphatic rings. The molecule has 5 heteroatoms. The van der Waals surface area contributed by atoms with Crippen molar-refractivity contribution in [2.24, 2.45) is 10.4 Å². The lowest BCUT2D eigenvalue weighted by atomic mass is 9.83. The normalized spacial score (nSPS) is 18.4. The lowest BCUT2D eigenvalue weighted by molar-refractivity contribution is -0.162. The molecule has 0 radical (unpaired) electrons. The van der Waals surface area contributed by atoms with E-state index < -0.39 is 5.41 Å². The number of hydrogen-bond acceptors (Lipinski definition) is 5. The van der Waals surface area contributed by atoms with E-state index in [-0.39, 0.29) is 18.1 Å². The van der Waals surface area contributed by atoms with Crippen molar-refractivity contribution in [3.05, 3.63) is 107 Å². The predicted octanol–water partition coefficient (Wildman–Crippen LogP) is 9.99. The van der Waals surface area contributed by atoms with Gasteiger partial charge in [-0.05, 0) is 125 Å². The Morgan fingerprint density at radius 1 is 0.729 bits per heavy atom. The highest BCUT2D eigenvalue weighted by Gasteiger charge is 2.34. The lowest BCUT2D eigenvalue weighted by Crippen LogP contribution is -2.38. The van der Waals surface area contributed by atoms with Crippen LogP contribution >= 0.6 is 0 Å². The molecule has 1 saturated carbocycles. The molecule has 0 bridgehead atoms. The molecule has 2 aliphatic carbocycles. The van der Waals surface area contributed by atoms with Gasteiger partial charge in [0.25, 0.3) is 0 Å². The summed E-state index contributed by atoms with van der Waals surface area (Å²) in [5.74, 6) is -0.115. The van der Waals surface area contributed by atoms with Crippen LogP contribution in [-0.2, 0) is 9.53 Å². The average molecular weight is 646 g/mol. The molecular formula is C43H55N3O2. The molecule has 0 N–H and O–H groups in total. The van der Waals surface area contributed by atoms with Gasteiger partial charge in [-0.15, -0.1) is 0 Å². The predicted molar refractivity (Wildman–Crippen MR) is 204 cm³/mol. The van der Waals surface area contributed by atoms with Crippen LogP contribution in [-0.4, -0.2) is 50.0 Å². The van der Waals surface area contributed by atoms with Crippen molar-refractivity contribution >= 4 is 34.2 Å². The maximum Gasteiger partial charge on any atom is 0.311 e. The molecular weight excluding hydrogens is 590 g/mol. The number of anilines is 2. The Balaban J connectivity index is 1.60. The first-order valence-corrected chi connectivity index (χ1v) is 18.3. The number of fused-ring (bicyclic) bond motifs is 1. The van der Waals surface area contributed by atoms with Gasteiger partial charge in [0.15, 0.2) is 0 Å². The zero-order valence-electron chi connectivity index (χ0n) is 30.3. The van der Waals surface area contributed by atoms with Gasteiger partial charge in [0.2, 0.25) is 0 Å². The molecule has 0 heterocycles. The minimum Gasteiger partial charge on any atom is -0.460 e. The lowest BCUT2D eigenvalue weighted by Gasteiger charge is -2.32. The Morgan fingerprint density at radius 3 is 1.77 bits per heavy atom. The van der Waals surface area contributed by atoms with E-state index in [0.29, 0.717) is 0 Å². The third-order valence-corrected chi connectivity index (χ3v) is 10.4. The summed E-state index contributed by atoms with van der Waals surface area (Å²) in [5.41, 5.74) is 10.0. The number of carbonyl (C=O) groups is 1. The summed E-state index contributed by atoms with van der Waals surface area (Å²) < 4.78 is 6.16. The van der Waals surface area contributed by atoms with E-state index in [1.54, 1.807) is 0 Å². The second-order valence-electron chi connectivity index (χ2n) is 13.7. The molecule has 3 aromatic carbocycles. The molecule has 5 rings (SSSR count). The molecule has 2 atom stereocenters. The van der Waals surface area contributed by atoms with E-state index in [9.17, 15) is 4.79 Å². The van der Waals surface area contributed by atoms with Crippen LogP contribution in [0.25, 0.3) is 11.1 Å². The standard InChI is InChI=1S/C43H55N3O2/c1-8-43(6,7)42(47)48-40-20-16-15-19-39(40)44-38-30-29-37(35-17-13-14-18-36(35)38)41(31-21-25-33(26-22-31)45(9-2)10-3)32-23-27-34(28-24-32)46(11-4)12-5/h13-14,17-18,21-30,39-40H,8-12,15-16,19-20H2,1-7H3. The molecule has 0 amide bonds. The van der Waals surface area contributed by atoms with Crippen LogP contribution in [0, 0.1) is 5.41 Å². The molecule has 254 valence electrons. The van der Waals surface area contributed by atoms with E-state index in [1.165, 1.54) is 39.2 Å². The van der Waals surface area contributed by atoms with Crippen LogP contribution < -0.4 is 9.80 Å². The number of esters is 1. The molecule has 2 unspecified atom stereocenters. The van der Waals surface area contributed by atoms with Crippen LogP contribution in [0.15, 0.2) is 89.9 Å². The summed E-state index contributed by atoms with van der Waals surface area (Å²) >= 11 is 0. The van der Waals surface area contributed by atoms with Gasteiger partial charge in [0, 0.05) is 43.1 Å². The molecule has 48 heavy (non-hydrogen) atoms. The zero-order chi connectivity index (χ0) is 34.3. The number of rotatable bonds is 12.